The summed E-state index contributed by atoms with van der Waals surface area (Å²) in [5, 5.41) is 4.88. The van der Waals surface area contributed by atoms with Crippen molar-refractivity contribution < 1.29 is 14.0 Å². The fourth-order valence-corrected chi connectivity index (χ4v) is 3.99. The van der Waals surface area contributed by atoms with Crippen molar-refractivity contribution in [2.75, 3.05) is 13.1 Å². The quantitative estimate of drug-likeness (QED) is 0.807. The van der Waals surface area contributed by atoms with Crippen LogP contribution in [0.5, 0.6) is 0 Å². The summed E-state index contributed by atoms with van der Waals surface area (Å²) >= 11 is 1.62. The molecule has 1 aliphatic heterocycles. The van der Waals surface area contributed by atoms with Crippen LogP contribution in [0, 0.1) is 0 Å². The normalized spacial score (nSPS) is 18.1. The maximum Gasteiger partial charge on any atom is 0.237 e. The van der Waals surface area contributed by atoms with Gasteiger partial charge in [0.15, 0.2) is 0 Å². The molecule has 2 aromatic heterocycles. The summed E-state index contributed by atoms with van der Waals surface area (Å²) < 4.78 is 5.42. The molecular formula is C19H25N3O3S. The first-order chi connectivity index (χ1) is 12.5. The molecule has 1 atom stereocenters. The highest BCUT2D eigenvalue weighted by atomic mass is 32.1. The second kappa shape index (κ2) is 8.51. The van der Waals surface area contributed by atoms with Crippen LogP contribution >= 0.6 is 11.3 Å². The topological polar surface area (TPSA) is 65.8 Å². The minimum absolute atomic E-state index is 0.0394. The molecule has 1 unspecified atom stereocenters. The van der Waals surface area contributed by atoms with Crippen LogP contribution in [0.15, 0.2) is 40.3 Å². The third kappa shape index (κ3) is 4.53. The third-order valence-corrected chi connectivity index (χ3v) is 5.47. The first kappa shape index (κ1) is 18.7. The van der Waals surface area contributed by atoms with Crippen molar-refractivity contribution in [3.05, 3.63) is 46.5 Å². The highest BCUT2D eigenvalue weighted by molar-refractivity contribution is 7.09. The van der Waals surface area contributed by atoms with Crippen LogP contribution < -0.4 is 5.32 Å². The molecule has 26 heavy (non-hydrogen) atoms. The van der Waals surface area contributed by atoms with Gasteiger partial charge >= 0.3 is 0 Å². The summed E-state index contributed by atoms with van der Waals surface area (Å²) in [4.78, 5) is 30.4. The highest BCUT2D eigenvalue weighted by Gasteiger charge is 2.34. The lowest BCUT2D eigenvalue weighted by Gasteiger charge is -2.38. The van der Waals surface area contributed by atoms with Crippen molar-refractivity contribution >= 4 is 23.2 Å². The largest absolute Gasteiger partial charge is 0.467 e. The third-order valence-electron chi connectivity index (χ3n) is 4.61. The van der Waals surface area contributed by atoms with Gasteiger partial charge in [0, 0.05) is 24.0 Å². The van der Waals surface area contributed by atoms with Crippen molar-refractivity contribution in [3.63, 3.8) is 0 Å². The van der Waals surface area contributed by atoms with Crippen LogP contribution in [0.4, 0.5) is 0 Å². The predicted octanol–water partition coefficient (Wildman–Crippen LogP) is 2.47. The number of carbonyl (C=O) groups is 2. The monoisotopic (exact) mass is 375 g/mol. The van der Waals surface area contributed by atoms with Gasteiger partial charge in [0.25, 0.3) is 0 Å². The molecule has 1 saturated heterocycles. The molecule has 2 aromatic rings. The van der Waals surface area contributed by atoms with E-state index in [0.29, 0.717) is 19.6 Å². The average molecular weight is 375 g/mol. The fraction of sp³-hybridized carbons (Fsp3) is 0.474. The minimum atomic E-state index is -0.418. The van der Waals surface area contributed by atoms with Crippen LogP contribution in [0.25, 0.3) is 0 Å². The number of hydrogen-bond acceptors (Lipinski definition) is 5. The lowest BCUT2D eigenvalue weighted by Crippen LogP contribution is -2.58. The van der Waals surface area contributed by atoms with Crippen molar-refractivity contribution in [3.8, 4) is 0 Å². The summed E-state index contributed by atoms with van der Waals surface area (Å²) in [6.07, 6.45) is 1.79. The van der Waals surface area contributed by atoms with E-state index in [1.807, 2.05) is 29.6 Å². The smallest absolute Gasteiger partial charge is 0.237 e. The number of furan rings is 1. The van der Waals surface area contributed by atoms with E-state index in [2.05, 4.69) is 24.1 Å². The van der Waals surface area contributed by atoms with Gasteiger partial charge in [0.1, 0.15) is 5.76 Å². The lowest BCUT2D eigenvalue weighted by atomic mass is 10.1. The van der Waals surface area contributed by atoms with Gasteiger partial charge in [-0.2, -0.15) is 0 Å². The van der Waals surface area contributed by atoms with Gasteiger partial charge in [-0.05, 0) is 37.4 Å². The summed E-state index contributed by atoms with van der Waals surface area (Å²) in [5.41, 5.74) is 0. The second-order valence-electron chi connectivity index (χ2n) is 6.75. The molecule has 0 spiro atoms. The van der Waals surface area contributed by atoms with E-state index < -0.39 is 6.04 Å². The molecule has 140 valence electrons. The summed E-state index contributed by atoms with van der Waals surface area (Å²) in [7, 11) is 0. The molecule has 0 saturated carbocycles. The molecule has 6 nitrogen and oxygen atoms in total. The minimum Gasteiger partial charge on any atom is -0.467 e. The van der Waals surface area contributed by atoms with Crippen molar-refractivity contribution in [2.45, 2.75) is 45.4 Å². The van der Waals surface area contributed by atoms with Crippen molar-refractivity contribution in [1.82, 2.24) is 15.1 Å². The molecule has 1 aliphatic rings. The van der Waals surface area contributed by atoms with Crippen LogP contribution in [0.3, 0.4) is 0 Å². The zero-order chi connectivity index (χ0) is 18.5. The van der Waals surface area contributed by atoms with Gasteiger partial charge in [0.05, 0.1) is 31.8 Å². The van der Waals surface area contributed by atoms with Crippen molar-refractivity contribution in [2.24, 2.45) is 0 Å². The van der Waals surface area contributed by atoms with Gasteiger partial charge in [-0.1, -0.05) is 6.07 Å². The first-order valence-corrected chi connectivity index (χ1v) is 9.78. The Kier molecular flexibility index (Phi) is 6.11. The number of nitrogens with one attached hydrogen (secondary N) is 1. The summed E-state index contributed by atoms with van der Waals surface area (Å²) in [6.45, 7) is 6.44. The molecule has 0 radical (unpaired) electrons. The molecule has 1 fully saturated rings. The van der Waals surface area contributed by atoms with Gasteiger partial charge in [-0.15, -0.1) is 11.3 Å². The Morgan fingerprint density at radius 3 is 2.88 bits per heavy atom. The molecule has 3 rings (SSSR count). The first-order valence-electron chi connectivity index (χ1n) is 8.90. The van der Waals surface area contributed by atoms with E-state index in [4.69, 9.17) is 4.42 Å². The van der Waals surface area contributed by atoms with Crippen LogP contribution in [-0.2, 0) is 22.7 Å². The van der Waals surface area contributed by atoms with Gasteiger partial charge in [-0.25, -0.2) is 0 Å². The molecule has 0 bridgehead atoms. The van der Waals surface area contributed by atoms with Gasteiger partial charge in [0.2, 0.25) is 11.8 Å². The summed E-state index contributed by atoms with van der Waals surface area (Å²) in [6, 6.07) is 7.47. The lowest BCUT2D eigenvalue weighted by molar-refractivity contribution is -0.140. The SMILES string of the molecule is CC(C)N1CCNC(=O)C1CC(=O)N(Cc1ccco1)Cc1cccs1. The van der Waals surface area contributed by atoms with E-state index in [9.17, 15) is 9.59 Å². The number of hydrogen-bond donors (Lipinski definition) is 1. The molecule has 3 heterocycles. The number of thiophene rings is 1. The zero-order valence-electron chi connectivity index (χ0n) is 15.2. The maximum absolute atomic E-state index is 13.1. The van der Waals surface area contributed by atoms with E-state index in [0.717, 1.165) is 17.2 Å². The maximum atomic E-state index is 13.1. The van der Waals surface area contributed by atoms with Gasteiger partial charge < -0.3 is 14.6 Å². The average Bonchev–Trinajstić information content (AvgIpc) is 3.29. The predicted molar refractivity (Wildman–Crippen MR) is 101 cm³/mol. The number of piperazine rings is 1. The van der Waals surface area contributed by atoms with Crippen molar-refractivity contribution in [1.29, 1.82) is 0 Å². The zero-order valence-corrected chi connectivity index (χ0v) is 16.0. The molecule has 0 aromatic carbocycles. The molecule has 7 heteroatoms. The van der Waals surface area contributed by atoms with E-state index in [1.54, 1.807) is 22.5 Å². The Morgan fingerprint density at radius 2 is 2.23 bits per heavy atom. The molecule has 1 N–H and O–H groups in total. The fourth-order valence-electron chi connectivity index (χ4n) is 3.27. The molecular weight excluding hydrogens is 350 g/mol. The molecule has 0 aliphatic carbocycles. The Labute approximate surface area is 157 Å². The number of carbonyl (C=O) groups excluding carboxylic acids is 2. The Bertz CT molecular complexity index is 676. The second-order valence-corrected chi connectivity index (χ2v) is 7.78. The number of amides is 2. The number of rotatable bonds is 7. The van der Waals surface area contributed by atoms with E-state index in [-0.39, 0.29) is 24.3 Å². The standard InChI is InChI=1S/C19H25N3O3S/c1-14(2)22-8-7-20-19(24)17(22)11-18(23)21(12-15-5-3-9-25-15)13-16-6-4-10-26-16/h3-6,9-10,14,17H,7-8,11-13H2,1-2H3,(H,20,24). The Balaban J connectivity index is 1.74. The van der Waals surface area contributed by atoms with Crippen LogP contribution in [0.1, 0.15) is 30.9 Å². The van der Waals surface area contributed by atoms with Crippen LogP contribution in [-0.4, -0.2) is 46.8 Å². The Hall–Kier alpha value is -2.12. The van der Waals surface area contributed by atoms with Crippen LogP contribution in [0.2, 0.25) is 0 Å². The number of nitrogens with zero attached hydrogens (tertiary/aromatic N) is 2. The molecule has 2 amide bonds. The summed E-state index contributed by atoms with van der Waals surface area (Å²) in [5.74, 6) is 0.638. The highest BCUT2D eigenvalue weighted by Crippen LogP contribution is 2.19. The van der Waals surface area contributed by atoms with E-state index >= 15 is 0 Å². The Morgan fingerprint density at radius 1 is 1.38 bits per heavy atom. The van der Waals surface area contributed by atoms with E-state index in [1.165, 1.54) is 0 Å². The van der Waals surface area contributed by atoms with Gasteiger partial charge in [-0.3, -0.25) is 14.5 Å².